The summed E-state index contributed by atoms with van der Waals surface area (Å²) in [4.78, 5) is 11.8. The first-order chi connectivity index (χ1) is 8.01. The number of hydrogen-bond acceptors (Lipinski definition) is 3. The lowest BCUT2D eigenvalue weighted by atomic mass is 9.93. The van der Waals surface area contributed by atoms with Gasteiger partial charge in [0.25, 0.3) is 0 Å². The van der Waals surface area contributed by atoms with Crippen LogP contribution in [0.25, 0.3) is 0 Å². The standard InChI is InChI=1S/C13H20N2O2/c1-8-6-9(2)12(11(7-8)17-5)10(3)13(16)15-14-4/h6-7,10,14H,1-5H3,(H,15,16). The molecule has 1 aromatic rings. The minimum atomic E-state index is -0.252. The van der Waals surface area contributed by atoms with E-state index in [1.165, 1.54) is 0 Å². The number of carbonyl (C=O) groups excluding carboxylic acids is 1. The number of aryl methyl sites for hydroxylation is 2. The fourth-order valence-electron chi connectivity index (χ4n) is 2.03. The third kappa shape index (κ3) is 2.97. The maximum Gasteiger partial charge on any atom is 0.241 e. The van der Waals surface area contributed by atoms with Crippen LogP contribution in [0.2, 0.25) is 0 Å². The third-order valence-electron chi connectivity index (χ3n) is 2.79. The van der Waals surface area contributed by atoms with Crippen LogP contribution in [-0.4, -0.2) is 20.1 Å². The zero-order valence-electron chi connectivity index (χ0n) is 11.0. The Kier molecular flexibility index (Phi) is 4.52. The Balaban J connectivity index is 3.16. The van der Waals surface area contributed by atoms with E-state index in [2.05, 4.69) is 16.9 Å². The molecule has 4 heteroatoms. The van der Waals surface area contributed by atoms with Crippen LogP contribution in [-0.2, 0) is 4.79 Å². The van der Waals surface area contributed by atoms with Gasteiger partial charge in [0.2, 0.25) is 5.91 Å². The molecule has 1 aromatic carbocycles. The molecule has 2 N–H and O–H groups in total. The van der Waals surface area contributed by atoms with Gasteiger partial charge in [-0.1, -0.05) is 6.07 Å². The summed E-state index contributed by atoms with van der Waals surface area (Å²) in [5.41, 5.74) is 8.37. The molecule has 0 heterocycles. The van der Waals surface area contributed by atoms with Gasteiger partial charge in [0.05, 0.1) is 13.0 Å². The van der Waals surface area contributed by atoms with E-state index in [0.717, 1.165) is 22.4 Å². The van der Waals surface area contributed by atoms with Crippen molar-refractivity contribution in [3.63, 3.8) is 0 Å². The fraction of sp³-hybridized carbons (Fsp3) is 0.462. The first kappa shape index (κ1) is 13.5. The van der Waals surface area contributed by atoms with Crippen molar-refractivity contribution in [1.82, 2.24) is 10.9 Å². The average molecular weight is 236 g/mol. The molecule has 1 atom stereocenters. The average Bonchev–Trinajstić information content (AvgIpc) is 2.27. The molecule has 94 valence electrons. The monoisotopic (exact) mass is 236 g/mol. The smallest absolute Gasteiger partial charge is 0.241 e. The summed E-state index contributed by atoms with van der Waals surface area (Å²) in [5.74, 6) is 0.442. The molecule has 17 heavy (non-hydrogen) atoms. The van der Waals surface area contributed by atoms with Gasteiger partial charge in [-0.2, -0.15) is 0 Å². The number of nitrogens with one attached hydrogen (secondary N) is 2. The summed E-state index contributed by atoms with van der Waals surface area (Å²) in [6, 6.07) is 4.01. The highest BCUT2D eigenvalue weighted by atomic mass is 16.5. The maximum absolute atomic E-state index is 11.8. The van der Waals surface area contributed by atoms with Crippen LogP contribution < -0.4 is 15.6 Å². The number of hydrogen-bond donors (Lipinski definition) is 2. The first-order valence-electron chi connectivity index (χ1n) is 5.63. The van der Waals surface area contributed by atoms with E-state index < -0.39 is 0 Å². The molecule has 0 aliphatic carbocycles. The lowest BCUT2D eigenvalue weighted by molar-refractivity contribution is -0.123. The van der Waals surface area contributed by atoms with Gasteiger partial charge >= 0.3 is 0 Å². The van der Waals surface area contributed by atoms with Crippen molar-refractivity contribution in [3.8, 4) is 5.75 Å². The topological polar surface area (TPSA) is 50.4 Å². The summed E-state index contributed by atoms with van der Waals surface area (Å²) in [6.07, 6.45) is 0. The Morgan fingerprint density at radius 3 is 2.53 bits per heavy atom. The van der Waals surface area contributed by atoms with Crippen LogP contribution in [0.5, 0.6) is 5.75 Å². The Hall–Kier alpha value is -1.55. The van der Waals surface area contributed by atoms with Crippen molar-refractivity contribution in [3.05, 3.63) is 28.8 Å². The second-order valence-electron chi connectivity index (χ2n) is 4.16. The second-order valence-corrected chi connectivity index (χ2v) is 4.16. The van der Waals surface area contributed by atoms with E-state index in [1.807, 2.05) is 26.8 Å². The molecule has 0 bridgehead atoms. The molecule has 0 aliphatic heterocycles. The normalized spacial score (nSPS) is 12.1. The minimum Gasteiger partial charge on any atom is -0.496 e. The summed E-state index contributed by atoms with van der Waals surface area (Å²) >= 11 is 0. The number of benzene rings is 1. The highest BCUT2D eigenvalue weighted by Crippen LogP contribution is 2.31. The quantitative estimate of drug-likeness (QED) is 0.782. The lowest BCUT2D eigenvalue weighted by Gasteiger charge is -2.18. The molecule has 0 aliphatic rings. The minimum absolute atomic E-state index is 0.0715. The first-order valence-corrected chi connectivity index (χ1v) is 5.63. The van der Waals surface area contributed by atoms with E-state index in [-0.39, 0.29) is 11.8 Å². The van der Waals surface area contributed by atoms with Crippen LogP contribution >= 0.6 is 0 Å². The van der Waals surface area contributed by atoms with Crippen molar-refractivity contribution in [1.29, 1.82) is 0 Å². The number of ether oxygens (including phenoxy) is 1. The molecule has 0 aromatic heterocycles. The van der Waals surface area contributed by atoms with Crippen LogP contribution in [0.1, 0.15) is 29.5 Å². The molecular weight excluding hydrogens is 216 g/mol. The van der Waals surface area contributed by atoms with Gasteiger partial charge in [-0.05, 0) is 38.0 Å². The van der Waals surface area contributed by atoms with Crippen molar-refractivity contribution in [2.24, 2.45) is 0 Å². The summed E-state index contributed by atoms with van der Waals surface area (Å²) in [7, 11) is 3.30. The van der Waals surface area contributed by atoms with Crippen LogP contribution in [0, 0.1) is 13.8 Å². The van der Waals surface area contributed by atoms with Gasteiger partial charge in [-0.15, -0.1) is 0 Å². The summed E-state index contributed by atoms with van der Waals surface area (Å²) in [5, 5.41) is 0. The van der Waals surface area contributed by atoms with Gasteiger partial charge in [0.15, 0.2) is 0 Å². The highest BCUT2D eigenvalue weighted by molar-refractivity contribution is 5.84. The van der Waals surface area contributed by atoms with E-state index in [1.54, 1.807) is 14.2 Å². The van der Waals surface area contributed by atoms with E-state index in [9.17, 15) is 4.79 Å². The number of carbonyl (C=O) groups is 1. The van der Waals surface area contributed by atoms with Crippen molar-refractivity contribution in [2.75, 3.05) is 14.2 Å². The van der Waals surface area contributed by atoms with Gasteiger partial charge in [0.1, 0.15) is 5.75 Å². The SMILES string of the molecule is CNNC(=O)C(C)c1c(C)cc(C)cc1OC. The van der Waals surface area contributed by atoms with Crippen LogP contribution in [0.4, 0.5) is 0 Å². The molecule has 1 rings (SSSR count). The number of hydrazine groups is 1. The third-order valence-corrected chi connectivity index (χ3v) is 2.79. The number of amides is 1. The molecule has 0 saturated carbocycles. The summed E-state index contributed by atoms with van der Waals surface area (Å²) < 4.78 is 5.36. The number of rotatable bonds is 4. The van der Waals surface area contributed by atoms with Crippen molar-refractivity contribution >= 4 is 5.91 Å². The predicted molar refractivity (Wildman–Crippen MR) is 68.1 cm³/mol. The van der Waals surface area contributed by atoms with Gasteiger partial charge in [0, 0.05) is 12.6 Å². The Morgan fingerprint density at radius 2 is 2.00 bits per heavy atom. The van der Waals surface area contributed by atoms with Gasteiger partial charge < -0.3 is 4.74 Å². The Labute approximate surface area is 102 Å². The fourth-order valence-corrected chi connectivity index (χ4v) is 2.03. The zero-order chi connectivity index (χ0) is 13.0. The zero-order valence-corrected chi connectivity index (χ0v) is 11.0. The van der Waals surface area contributed by atoms with Gasteiger partial charge in [-0.3, -0.25) is 10.2 Å². The molecule has 0 saturated heterocycles. The molecule has 1 amide bonds. The van der Waals surface area contributed by atoms with Crippen LogP contribution in [0.3, 0.4) is 0 Å². The van der Waals surface area contributed by atoms with E-state index in [0.29, 0.717) is 0 Å². The molecule has 1 unspecified atom stereocenters. The summed E-state index contributed by atoms with van der Waals surface area (Å²) in [6.45, 7) is 5.87. The van der Waals surface area contributed by atoms with Crippen LogP contribution in [0.15, 0.2) is 12.1 Å². The lowest BCUT2D eigenvalue weighted by Crippen LogP contribution is -2.37. The molecule has 0 spiro atoms. The van der Waals surface area contributed by atoms with Crippen molar-refractivity contribution in [2.45, 2.75) is 26.7 Å². The molecule has 4 nitrogen and oxygen atoms in total. The molecule has 0 fully saturated rings. The van der Waals surface area contributed by atoms with Gasteiger partial charge in [-0.25, -0.2) is 5.43 Å². The predicted octanol–water partition coefficient (Wildman–Crippen LogP) is 1.67. The second kappa shape index (κ2) is 5.68. The molecular formula is C13H20N2O2. The van der Waals surface area contributed by atoms with E-state index >= 15 is 0 Å². The molecule has 0 radical (unpaired) electrons. The highest BCUT2D eigenvalue weighted by Gasteiger charge is 2.21. The van der Waals surface area contributed by atoms with Crippen molar-refractivity contribution < 1.29 is 9.53 Å². The largest absolute Gasteiger partial charge is 0.496 e. The maximum atomic E-state index is 11.8. The van der Waals surface area contributed by atoms with E-state index in [4.69, 9.17) is 4.74 Å². The Bertz CT molecular complexity index is 416. The Morgan fingerprint density at radius 1 is 1.35 bits per heavy atom. The number of methoxy groups -OCH3 is 1.